The van der Waals surface area contributed by atoms with Crippen molar-refractivity contribution in [1.82, 2.24) is 4.90 Å². The number of benzene rings is 1. The van der Waals surface area contributed by atoms with Crippen LogP contribution in [0.2, 0.25) is 0 Å². The molecule has 1 fully saturated rings. The standard InChI is InChI=1S/C16H23BrN2O/c1-16(18)9-4-3-8-14(16)15(20)19(2)11-12-6-5-7-13(17)10-12/h5-7,10,14H,3-4,8-9,11,18H2,1-2H3. The molecular formula is C16H23BrN2O. The van der Waals surface area contributed by atoms with Crippen molar-refractivity contribution < 1.29 is 4.79 Å². The van der Waals surface area contributed by atoms with Gasteiger partial charge in [0.25, 0.3) is 0 Å². The summed E-state index contributed by atoms with van der Waals surface area (Å²) in [6.45, 7) is 2.65. The van der Waals surface area contributed by atoms with Crippen molar-refractivity contribution in [3.8, 4) is 0 Å². The first-order chi connectivity index (χ1) is 9.40. The molecule has 1 aromatic carbocycles. The zero-order valence-corrected chi connectivity index (χ0v) is 13.8. The number of hydrogen-bond donors (Lipinski definition) is 1. The highest BCUT2D eigenvalue weighted by molar-refractivity contribution is 9.10. The SMILES string of the molecule is CN(Cc1cccc(Br)c1)C(=O)C1CCCCC1(C)N. The van der Waals surface area contributed by atoms with Crippen LogP contribution in [0.25, 0.3) is 0 Å². The minimum absolute atomic E-state index is 0.0478. The van der Waals surface area contributed by atoms with Crippen LogP contribution in [0, 0.1) is 5.92 Å². The molecule has 2 atom stereocenters. The van der Waals surface area contributed by atoms with E-state index in [4.69, 9.17) is 5.73 Å². The highest BCUT2D eigenvalue weighted by Crippen LogP contribution is 2.33. The second kappa shape index (κ2) is 6.27. The summed E-state index contributed by atoms with van der Waals surface area (Å²) in [5, 5.41) is 0. The van der Waals surface area contributed by atoms with E-state index < -0.39 is 0 Å². The Morgan fingerprint density at radius 1 is 1.50 bits per heavy atom. The first-order valence-corrected chi connectivity index (χ1v) is 7.98. The van der Waals surface area contributed by atoms with Gasteiger partial charge in [-0.3, -0.25) is 4.79 Å². The van der Waals surface area contributed by atoms with Gasteiger partial charge in [0, 0.05) is 23.6 Å². The van der Waals surface area contributed by atoms with Crippen LogP contribution >= 0.6 is 15.9 Å². The fourth-order valence-corrected chi connectivity index (χ4v) is 3.46. The lowest BCUT2D eigenvalue weighted by molar-refractivity contribution is -0.138. The van der Waals surface area contributed by atoms with Gasteiger partial charge in [-0.05, 0) is 37.5 Å². The van der Waals surface area contributed by atoms with Crippen molar-refractivity contribution in [2.45, 2.75) is 44.7 Å². The number of carbonyl (C=O) groups excluding carboxylic acids is 1. The third-order valence-electron chi connectivity index (χ3n) is 4.24. The first kappa shape index (κ1) is 15.5. The number of rotatable bonds is 3. The summed E-state index contributed by atoms with van der Waals surface area (Å²) < 4.78 is 1.04. The molecule has 1 aliphatic carbocycles. The lowest BCUT2D eigenvalue weighted by atomic mass is 9.74. The number of nitrogens with zero attached hydrogens (tertiary/aromatic N) is 1. The summed E-state index contributed by atoms with van der Waals surface area (Å²) >= 11 is 3.46. The average molecular weight is 339 g/mol. The number of amides is 1. The summed E-state index contributed by atoms with van der Waals surface area (Å²) in [5.41, 5.74) is 7.09. The van der Waals surface area contributed by atoms with Crippen LogP contribution in [0.3, 0.4) is 0 Å². The lowest BCUT2D eigenvalue weighted by Gasteiger charge is -2.39. The van der Waals surface area contributed by atoms with Crippen LogP contribution in [0.5, 0.6) is 0 Å². The Balaban J connectivity index is 2.05. The molecule has 1 saturated carbocycles. The van der Waals surface area contributed by atoms with Gasteiger partial charge in [0.2, 0.25) is 5.91 Å². The van der Waals surface area contributed by atoms with E-state index in [9.17, 15) is 4.79 Å². The third-order valence-corrected chi connectivity index (χ3v) is 4.73. The quantitative estimate of drug-likeness (QED) is 0.918. The van der Waals surface area contributed by atoms with Gasteiger partial charge < -0.3 is 10.6 Å². The molecule has 2 unspecified atom stereocenters. The molecule has 3 nitrogen and oxygen atoms in total. The molecule has 0 spiro atoms. The van der Waals surface area contributed by atoms with E-state index in [-0.39, 0.29) is 17.4 Å². The molecule has 1 aromatic rings. The zero-order valence-electron chi connectivity index (χ0n) is 12.2. The van der Waals surface area contributed by atoms with E-state index in [1.807, 2.05) is 43.1 Å². The van der Waals surface area contributed by atoms with Gasteiger partial charge in [-0.25, -0.2) is 0 Å². The Bertz CT molecular complexity index is 487. The fraction of sp³-hybridized carbons (Fsp3) is 0.562. The zero-order chi connectivity index (χ0) is 14.8. The van der Waals surface area contributed by atoms with Crippen molar-refractivity contribution >= 4 is 21.8 Å². The molecule has 1 aliphatic rings. The highest BCUT2D eigenvalue weighted by Gasteiger charge is 2.38. The van der Waals surface area contributed by atoms with E-state index in [0.29, 0.717) is 6.54 Å². The van der Waals surface area contributed by atoms with Gasteiger partial charge in [-0.2, -0.15) is 0 Å². The van der Waals surface area contributed by atoms with E-state index >= 15 is 0 Å². The molecule has 20 heavy (non-hydrogen) atoms. The predicted octanol–water partition coefficient (Wildman–Crippen LogP) is 3.32. The molecular weight excluding hydrogens is 316 g/mol. The van der Waals surface area contributed by atoms with Gasteiger partial charge in [0.15, 0.2) is 0 Å². The topological polar surface area (TPSA) is 46.3 Å². The average Bonchev–Trinajstić information content (AvgIpc) is 2.37. The first-order valence-electron chi connectivity index (χ1n) is 7.18. The van der Waals surface area contributed by atoms with Gasteiger partial charge >= 0.3 is 0 Å². The lowest BCUT2D eigenvalue weighted by Crippen LogP contribution is -2.53. The molecule has 1 amide bonds. The van der Waals surface area contributed by atoms with E-state index in [0.717, 1.165) is 35.7 Å². The van der Waals surface area contributed by atoms with Gasteiger partial charge in [-0.1, -0.05) is 40.9 Å². The second-order valence-corrected chi connectivity index (χ2v) is 7.04. The number of hydrogen-bond acceptors (Lipinski definition) is 2. The minimum atomic E-state index is -0.360. The van der Waals surface area contributed by atoms with Crippen molar-refractivity contribution in [2.75, 3.05) is 7.05 Å². The van der Waals surface area contributed by atoms with E-state index in [2.05, 4.69) is 15.9 Å². The molecule has 0 aliphatic heterocycles. The molecule has 2 rings (SSSR count). The summed E-state index contributed by atoms with van der Waals surface area (Å²) in [6, 6.07) is 8.07. The number of nitrogens with two attached hydrogens (primary N) is 1. The molecule has 0 bridgehead atoms. The van der Waals surface area contributed by atoms with Gasteiger partial charge in [0.1, 0.15) is 0 Å². The maximum atomic E-state index is 12.6. The van der Waals surface area contributed by atoms with Crippen molar-refractivity contribution in [2.24, 2.45) is 11.7 Å². The smallest absolute Gasteiger partial charge is 0.227 e. The summed E-state index contributed by atoms with van der Waals surface area (Å²) in [6.07, 6.45) is 4.09. The Morgan fingerprint density at radius 2 is 2.25 bits per heavy atom. The molecule has 4 heteroatoms. The van der Waals surface area contributed by atoms with Crippen molar-refractivity contribution in [1.29, 1.82) is 0 Å². The van der Waals surface area contributed by atoms with Gasteiger partial charge in [0.05, 0.1) is 5.92 Å². The normalized spacial score (nSPS) is 26.3. The summed E-state index contributed by atoms with van der Waals surface area (Å²) in [7, 11) is 1.87. The molecule has 0 heterocycles. The van der Waals surface area contributed by atoms with E-state index in [1.54, 1.807) is 0 Å². The molecule has 2 N–H and O–H groups in total. The number of carbonyl (C=O) groups is 1. The third kappa shape index (κ3) is 3.61. The Morgan fingerprint density at radius 3 is 2.90 bits per heavy atom. The molecule has 110 valence electrons. The Kier molecular flexibility index (Phi) is 4.86. The highest BCUT2D eigenvalue weighted by atomic mass is 79.9. The second-order valence-electron chi connectivity index (χ2n) is 6.13. The largest absolute Gasteiger partial charge is 0.341 e. The Hall–Kier alpha value is -0.870. The van der Waals surface area contributed by atoms with Crippen molar-refractivity contribution in [3.63, 3.8) is 0 Å². The van der Waals surface area contributed by atoms with Crippen LogP contribution in [0.1, 0.15) is 38.2 Å². The van der Waals surface area contributed by atoms with Crippen LogP contribution in [0.4, 0.5) is 0 Å². The van der Waals surface area contributed by atoms with Crippen molar-refractivity contribution in [3.05, 3.63) is 34.3 Å². The maximum absolute atomic E-state index is 12.6. The van der Waals surface area contributed by atoms with Crippen LogP contribution in [-0.2, 0) is 11.3 Å². The molecule has 0 radical (unpaired) electrons. The van der Waals surface area contributed by atoms with Crippen LogP contribution < -0.4 is 5.73 Å². The molecule has 0 aromatic heterocycles. The fourth-order valence-electron chi connectivity index (χ4n) is 3.02. The predicted molar refractivity (Wildman–Crippen MR) is 85.2 cm³/mol. The monoisotopic (exact) mass is 338 g/mol. The maximum Gasteiger partial charge on any atom is 0.227 e. The molecule has 0 saturated heterocycles. The summed E-state index contributed by atoms with van der Waals surface area (Å²) in [5.74, 6) is 0.128. The Labute approximate surface area is 129 Å². The van der Waals surface area contributed by atoms with Crippen LogP contribution in [-0.4, -0.2) is 23.4 Å². The van der Waals surface area contributed by atoms with E-state index in [1.165, 1.54) is 0 Å². The van der Waals surface area contributed by atoms with Crippen LogP contribution in [0.15, 0.2) is 28.7 Å². The number of halogens is 1. The van der Waals surface area contributed by atoms with Gasteiger partial charge in [-0.15, -0.1) is 0 Å². The minimum Gasteiger partial charge on any atom is -0.341 e. The summed E-state index contributed by atoms with van der Waals surface area (Å²) in [4.78, 5) is 14.4.